The van der Waals surface area contributed by atoms with Crippen molar-refractivity contribution in [2.75, 3.05) is 0 Å². The third-order valence-electron chi connectivity index (χ3n) is 2.87. The van der Waals surface area contributed by atoms with E-state index in [1.54, 1.807) is 24.3 Å². The van der Waals surface area contributed by atoms with Crippen molar-refractivity contribution in [1.82, 2.24) is 25.4 Å². The van der Waals surface area contributed by atoms with Gasteiger partial charge in [0.1, 0.15) is 0 Å². The number of carbonyl (C=O) groups is 1. The zero-order chi connectivity index (χ0) is 15.4. The summed E-state index contributed by atoms with van der Waals surface area (Å²) >= 11 is 0. The lowest BCUT2D eigenvalue weighted by Gasteiger charge is -2.00. The molecule has 0 saturated carbocycles. The van der Waals surface area contributed by atoms with Gasteiger partial charge in [-0.1, -0.05) is 5.16 Å². The van der Waals surface area contributed by atoms with Gasteiger partial charge in [0.25, 0.3) is 11.5 Å². The average Bonchev–Trinajstić information content (AvgIpc) is 3.02. The molecule has 0 aliphatic carbocycles. The molecule has 0 fully saturated rings. The van der Waals surface area contributed by atoms with Crippen LogP contribution in [0.1, 0.15) is 16.2 Å². The molecule has 0 saturated heterocycles. The lowest BCUT2D eigenvalue weighted by Crippen LogP contribution is -2.22. The Morgan fingerprint density at radius 2 is 2.09 bits per heavy atom. The van der Waals surface area contributed by atoms with Gasteiger partial charge in [0.2, 0.25) is 11.7 Å². The molecule has 3 heterocycles. The van der Waals surface area contributed by atoms with E-state index in [0.29, 0.717) is 11.1 Å². The van der Waals surface area contributed by atoms with Crippen molar-refractivity contribution in [3.8, 4) is 11.4 Å². The van der Waals surface area contributed by atoms with Crippen molar-refractivity contribution >= 4 is 5.91 Å². The van der Waals surface area contributed by atoms with Crippen LogP contribution >= 0.6 is 0 Å². The van der Waals surface area contributed by atoms with Crippen molar-refractivity contribution < 1.29 is 9.32 Å². The first-order valence-corrected chi connectivity index (χ1v) is 6.43. The van der Waals surface area contributed by atoms with E-state index in [2.05, 4.69) is 25.4 Å². The number of hydrogen-bond acceptors (Lipinski definition) is 6. The molecule has 8 heteroatoms. The Balaban J connectivity index is 1.69. The summed E-state index contributed by atoms with van der Waals surface area (Å²) in [5, 5.41) is 6.38. The van der Waals surface area contributed by atoms with Crippen molar-refractivity contribution in [3.63, 3.8) is 0 Å². The topological polar surface area (TPSA) is 114 Å². The van der Waals surface area contributed by atoms with E-state index < -0.39 is 0 Å². The Kier molecular flexibility index (Phi) is 3.73. The summed E-state index contributed by atoms with van der Waals surface area (Å²) in [6.45, 7) is 0.0683. The van der Waals surface area contributed by atoms with Gasteiger partial charge in [-0.05, 0) is 24.3 Å². The predicted molar refractivity (Wildman–Crippen MR) is 75.8 cm³/mol. The van der Waals surface area contributed by atoms with E-state index in [0.717, 1.165) is 0 Å². The first kappa shape index (κ1) is 13.7. The number of nitrogens with zero attached hydrogens (tertiary/aromatic N) is 3. The van der Waals surface area contributed by atoms with Gasteiger partial charge in [0, 0.05) is 24.2 Å². The van der Waals surface area contributed by atoms with Gasteiger partial charge in [-0.3, -0.25) is 14.6 Å². The first-order valence-electron chi connectivity index (χ1n) is 6.43. The highest BCUT2D eigenvalue weighted by molar-refractivity contribution is 5.93. The fourth-order valence-electron chi connectivity index (χ4n) is 1.79. The van der Waals surface area contributed by atoms with Crippen LogP contribution in [0.3, 0.4) is 0 Å². The van der Waals surface area contributed by atoms with Crippen LogP contribution in [0.4, 0.5) is 0 Å². The number of aromatic nitrogens is 4. The number of carbonyl (C=O) groups excluding carboxylic acids is 1. The predicted octanol–water partition coefficient (Wildman–Crippen LogP) is 0.750. The standard InChI is InChI=1S/C14H11N5O3/c20-13(9-3-6-15-7-4-9)17-8-11-18-12(19-22-11)10-2-1-5-16-14(10)21/h1-7H,8H2,(H,16,21)(H,17,20). The summed E-state index contributed by atoms with van der Waals surface area (Å²) in [4.78, 5) is 33.9. The fourth-order valence-corrected chi connectivity index (χ4v) is 1.79. The molecule has 0 aliphatic heterocycles. The maximum absolute atomic E-state index is 11.9. The van der Waals surface area contributed by atoms with Crippen LogP contribution in [0.25, 0.3) is 11.4 Å². The molecule has 8 nitrogen and oxygen atoms in total. The lowest BCUT2D eigenvalue weighted by molar-refractivity contribution is 0.0946. The minimum absolute atomic E-state index is 0.0683. The summed E-state index contributed by atoms with van der Waals surface area (Å²) < 4.78 is 5.02. The molecule has 3 aromatic heterocycles. The molecule has 0 atom stereocenters. The van der Waals surface area contributed by atoms with Crippen LogP contribution in [0.2, 0.25) is 0 Å². The van der Waals surface area contributed by atoms with Gasteiger partial charge in [-0.15, -0.1) is 0 Å². The second-order valence-corrected chi connectivity index (χ2v) is 4.34. The van der Waals surface area contributed by atoms with Crippen LogP contribution < -0.4 is 10.9 Å². The molecule has 22 heavy (non-hydrogen) atoms. The molecule has 0 bridgehead atoms. The van der Waals surface area contributed by atoms with E-state index in [1.165, 1.54) is 18.6 Å². The summed E-state index contributed by atoms with van der Waals surface area (Å²) in [6, 6.07) is 6.44. The summed E-state index contributed by atoms with van der Waals surface area (Å²) in [5.41, 5.74) is 0.475. The molecule has 0 aliphatic rings. The van der Waals surface area contributed by atoms with Crippen molar-refractivity contribution in [1.29, 1.82) is 0 Å². The third kappa shape index (κ3) is 2.90. The SMILES string of the molecule is O=C(NCc1nc(-c2ccc[nH]c2=O)no1)c1ccncc1. The van der Waals surface area contributed by atoms with Gasteiger partial charge in [0.05, 0.1) is 12.1 Å². The molecule has 2 N–H and O–H groups in total. The summed E-state index contributed by atoms with van der Waals surface area (Å²) in [7, 11) is 0. The molecule has 0 spiro atoms. The maximum Gasteiger partial charge on any atom is 0.259 e. The minimum atomic E-state index is -0.310. The van der Waals surface area contributed by atoms with Gasteiger partial charge in [-0.25, -0.2) is 0 Å². The molecular weight excluding hydrogens is 286 g/mol. The smallest absolute Gasteiger partial charge is 0.259 e. The number of pyridine rings is 2. The van der Waals surface area contributed by atoms with Crippen LogP contribution in [-0.2, 0) is 6.54 Å². The lowest BCUT2D eigenvalue weighted by atomic mass is 10.2. The third-order valence-corrected chi connectivity index (χ3v) is 2.87. The van der Waals surface area contributed by atoms with Gasteiger partial charge in [-0.2, -0.15) is 4.98 Å². The highest BCUT2D eigenvalue weighted by atomic mass is 16.5. The average molecular weight is 297 g/mol. The van der Waals surface area contributed by atoms with Crippen molar-refractivity contribution in [2.24, 2.45) is 0 Å². The Morgan fingerprint density at radius 3 is 2.86 bits per heavy atom. The maximum atomic E-state index is 11.9. The number of rotatable bonds is 4. The highest BCUT2D eigenvalue weighted by Crippen LogP contribution is 2.10. The number of hydrogen-bond donors (Lipinski definition) is 2. The molecule has 0 radical (unpaired) electrons. The quantitative estimate of drug-likeness (QED) is 0.734. The molecule has 3 aromatic rings. The Morgan fingerprint density at radius 1 is 1.27 bits per heavy atom. The molecular formula is C14H11N5O3. The fraction of sp³-hybridized carbons (Fsp3) is 0.0714. The summed E-state index contributed by atoms with van der Waals surface area (Å²) in [6.07, 6.45) is 4.57. The molecule has 110 valence electrons. The van der Waals surface area contributed by atoms with Crippen molar-refractivity contribution in [3.05, 3.63) is 64.7 Å². The van der Waals surface area contributed by atoms with Crippen molar-refractivity contribution in [2.45, 2.75) is 6.54 Å². The molecule has 0 unspecified atom stereocenters. The molecule has 0 aromatic carbocycles. The highest BCUT2D eigenvalue weighted by Gasteiger charge is 2.12. The van der Waals surface area contributed by atoms with Gasteiger partial charge in [0.15, 0.2) is 0 Å². The van der Waals surface area contributed by atoms with Crippen LogP contribution in [0, 0.1) is 0 Å². The van der Waals surface area contributed by atoms with E-state index in [4.69, 9.17) is 4.52 Å². The molecule has 1 amide bonds. The number of aromatic amines is 1. The molecule has 3 rings (SSSR count). The number of nitrogens with one attached hydrogen (secondary N) is 2. The second-order valence-electron chi connectivity index (χ2n) is 4.34. The number of H-pyrrole nitrogens is 1. The Hall–Kier alpha value is -3.29. The first-order chi connectivity index (χ1) is 10.7. The monoisotopic (exact) mass is 297 g/mol. The van der Waals surface area contributed by atoms with E-state index in [9.17, 15) is 9.59 Å². The summed E-state index contributed by atoms with van der Waals surface area (Å²) in [5.74, 6) is 0.107. The van der Waals surface area contributed by atoms with E-state index in [1.807, 2.05) is 0 Å². The van der Waals surface area contributed by atoms with Gasteiger partial charge >= 0.3 is 0 Å². The second kappa shape index (κ2) is 6.00. The largest absolute Gasteiger partial charge is 0.343 e. The zero-order valence-corrected chi connectivity index (χ0v) is 11.3. The van der Waals surface area contributed by atoms with E-state index >= 15 is 0 Å². The number of amides is 1. The zero-order valence-electron chi connectivity index (χ0n) is 11.3. The minimum Gasteiger partial charge on any atom is -0.343 e. The Labute approximate surface area is 124 Å². The van der Waals surface area contributed by atoms with Gasteiger partial charge < -0.3 is 14.8 Å². The van der Waals surface area contributed by atoms with Crippen LogP contribution in [0.15, 0.2) is 52.2 Å². The van der Waals surface area contributed by atoms with Crippen LogP contribution in [-0.4, -0.2) is 26.0 Å². The Bertz CT molecular complexity index is 841. The van der Waals surface area contributed by atoms with E-state index in [-0.39, 0.29) is 29.7 Å². The van der Waals surface area contributed by atoms with Crippen LogP contribution in [0.5, 0.6) is 0 Å². The normalized spacial score (nSPS) is 10.4.